The van der Waals surface area contributed by atoms with E-state index in [1.165, 1.54) is 18.2 Å². The molecule has 4 aromatic rings. The van der Waals surface area contributed by atoms with Crippen molar-refractivity contribution in [1.82, 2.24) is 20.5 Å². The van der Waals surface area contributed by atoms with Gasteiger partial charge in [-0.15, -0.1) is 10.2 Å². The van der Waals surface area contributed by atoms with E-state index in [4.69, 9.17) is 9.51 Å². The van der Waals surface area contributed by atoms with E-state index in [1.807, 2.05) is 18.2 Å². The first kappa shape index (κ1) is 19.2. The van der Waals surface area contributed by atoms with E-state index >= 15 is 0 Å². The third-order valence-corrected chi connectivity index (χ3v) is 6.59. The molecule has 1 aliphatic heterocycles. The summed E-state index contributed by atoms with van der Waals surface area (Å²) in [6.07, 6.45) is 5.19. The second-order valence-electron chi connectivity index (χ2n) is 7.84. The minimum atomic E-state index is -0.216. The van der Waals surface area contributed by atoms with Gasteiger partial charge in [0.25, 0.3) is 6.20 Å². The number of hydrogen-bond acceptors (Lipinski definition) is 8. The molecule has 0 bridgehead atoms. The first-order valence-corrected chi connectivity index (χ1v) is 11.6. The van der Waals surface area contributed by atoms with Crippen LogP contribution in [0.1, 0.15) is 19.3 Å². The molecule has 0 saturated carbocycles. The Labute approximate surface area is 187 Å². The zero-order valence-corrected chi connectivity index (χ0v) is 18.0. The van der Waals surface area contributed by atoms with Crippen molar-refractivity contribution in [2.75, 3.05) is 29.2 Å². The SMILES string of the molecule is O=C(CSc1nnc2c(n1)-c1cccc3cccc-2c13)Nc1c[n+](N2CCCCC2)no1. The normalized spacial score (nSPS) is 14.6. The van der Waals surface area contributed by atoms with Crippen LogP contribution in [0.4, 0.5) is 5.88 Å². The van der Waals surface area contributed by atoms with Crippen LogP contribution in [0.2, 0.25) is 0 Å². The average molecular weight is 447 g/mol. The van der Waals surface area contributed by atoms with Crippen molar-refractivity contribution < 1.29 is 14.1 Å². The van der Waals surface area contributed by atoms with Gasteiger partial charge in [-0.05, 0) is 24.6 Å². The van der Waals surface area contributed by atoms with E-state index in [2.05, 4.69) is 44.0 Å². The largest absolute Gasteiger partial charge is 0.305 e. The van der Waals surface area contributed by atoms with Crippen LogP contribution in [-0.2, 0) is 4.79 Å². The van der Waals surface area contributed by atoms with Gasteiger partial charge in [-0.3, -0.25) is 14.6 Å². The van der Waals surface area contributed by atoms with E-state index < -0.39 is 0 Å². The zero-order chi connectivity index (χ0) is 21.5. The zero-order valence-electron chi connectivity index (χ0n) is 17.2. The lowest BCUT2D eigenvalue weighted by molar-refractivity contribution is -0.759. The molecule has 1 fully saturated rings. The number of hydrogen-bond donors (Lipinski definition) is 1. The van der Waals surface area contributed by atoms with Gasteiger partial charge in [-0.25, -0.2) is 4.98 Å². The fourth-order valence-corrected chi connectivity index (χ4v) is 4.88. The number of benzene rings is 2. The van der Waals surface area contributed by atoms with Crippen LogP contribution >= 0.6 is 11.8 Å². The molecule has 0 atom stereocenters. The number of amides is 1. The number of piperidine rings is 1. The van der Waals surface area contributed by atoms with Crippen LogP contribution in [0.5, 0.6) is 0 Å². The summed E-state index contributed by atoms with van der Waals surface area (Å²) in [6, 6.07) is 12.3. The molecular formula is C22H20N7O2S+. The highest BCUT2D eigenvalue weighted by molar-refractivity contribution is 7.99. The number of rotatable bonds is 5. The van der Waals surface area contributed by atoms with E-state index in [1.54, 1.807) is 11.0 Å². The Kier molecular flexibility index (Phi) is 4.71. The van der Waals surface area contributed by atoms with Gasteiger partial charge in [0.15, 0.2) is 0 Å². The molecule has 0 radical (unpaired) electrons. The molecule has 1 aliphatic carbocycles. The summed E-state index contributed by atoms with van der Waals surface area (Å²) < 4.78 is 5.26. The van der Waals surface area contributed by atoms with Gasteiger partial charge in [0, 0.05) is 16.5 Å². The first-order valence-electron chi connectivity index (χ1n) is 10.6. The standard InChI is InChI=1S/C22H19N7O2S/c30-17(23-18-12-29(27-31-18)28-10-2-1-3-11-28)13-32-22-24-20-15-8-4-6-14-7-5-9-16(19(14)15)21(20)25-26-22/h4-9,12H,1-3,10-11,13H2/p+1. The van der Waals surface area contributed by atoms with Crippen LogP contribution in [0, 0.1) is 0 Å². The summed E-state index contributed by atoms with van der Waals surface area (Å²) in [5, 5.41) is 20.3. The Morgan fingerprint density at radius 1 is 1.06 bits per heavy atom. The van der Waals surface area contributed by atoms with Gasteiger partial charge in [-0.1, -0.05) is 48.2 Å². The van der Waals surface area contributed by atoms with Crippen LogP contribution in [0.25, 0.3) is 33.3 Å². The molecule has 0 spiro atoms. The molecule has 32 heavy (non-hydrogen) atoms. The number of carbonyl (C=O) groups excluding carboxylic acids is 1. The van der Waals surface area contributed by atoms with Gasteiger partial charge < -0.3 is 0 Å². The predicted molar refractivity (Wildman–Crippen MR) is 120 cm³/mol. The minimum Gasteiger partial charge on any atom is -0.288 e. The van der Waals surface area contributed by atoms with Crippen LogP contribution in [-0.4, -0.2) is 45.2 Å². The highest BCUT2D eigenvalue weighted by Gasteiger charge is 2.26. The molecule has 0 unspecified atom stereocenters. The van der Waals surface area contributed by atoms with Crippen molar-refractivity contribution in [2.24, 2.45) is 0 Å². The molecule has 9 nitrogen and oxygen atoms in total. The summed E-state index contributed by atoms with van der Waals surface area (Å²) >= 11 is 1.24. The Morgan fingerprint density at radius 3 is 2.66 bits per heavy atom. The monoisotopic (exact) mass is 446 g/mol. The van der Waals surface area contributed by atoms with Crippen molar-refractivity contribution in [1.29, 1.82) is 0 Å². The Morgan fingerprint density at radius 2 is 1.84 bits per heavy atom. The Balaban J connectivity index is 1.14. The lowest BCUT2D eigenvalue weighted by atomic mass is 10.0. The highest BCUT2D eigenvalue weighted by Crippen LogP contribution is 2.44. The van der Waals surface area contributed by atoms with Crippen molar-refractivity contribution in [3.8, 4) is 22.5 Å². The molecule has 1 N–H and O–H groups in total. The van der Waals surface area contributed by atoms with E-state index in [9.17, 15) is 4.79 Å². The molecule has 6 rings (SSSR count). The van der Waals surface area contributed by atoms with Crippen molar-refractivity contribution in [3.63, 3.8) is 0 Å². The second kappa shape index (κ2) is 7.86. The number of carbonyl (C=O) groups is 1. The van der Waals surface area contributed by atoms with Crippen LogP contribution < -0.4 is 15.1 Å². The lowest BCUT2D eigenvalue weighted by Crippen LogP contribution is -2.60. The molecule has 2 aromatic heterocycles. The molecule has 3 heterocycles. The summed E-state index contributed by atoms with van der Waals surface area (Å²) in [5.41, 5.74) is 3.70. The molecule has 2 aromatic carbocycles. The average Bonchev–Trinajstić information content (AvgIpc) is 3.43. The van der Waals surface area contributed by atoms with Crippen molar-refractivity contribution in [3.05, 3.63) is 42.6 Å². The third kappa shape index (κ3) is 3.36. The quantitative estimate of drug-likeness (QED) is 0.325. The lowest BCUT2D eigenvalue weighted by Gasteiger charge is -2.17. The van der Waals surface area contributed by atoms with E-state index in [0.717, 1.165) is 59.2 Å². The molecule has 1 amide bonds. The molecule has 1 saturated heterocycles. The van der Waals surface area contributed by atoms with Crippen molar-refractivity contribution in [2.45, 2.75) is 24.4 Å². The maximum absolute atomic E-state index is 12.4. The fourth-order valence-electron chi connectivity index (χ4n) is 4.29. The van der Waals surface area contributed by atoms with Crippen LogP contribution in [0.3, 0.4) is 0 Å². The van der Waals surface area contributed by atoms with Gasteiger partial charge in [0.05, 0.1) is 23.6 Å². The predicted octanol–water partition coefficient (Wildman–Crippen LogP) is 2.80. The molecule has 160 valence electrons. The summed E-state index contributed by atoms with van der Waals surface area (Å²) in [4.78, 5) is 18.8. The van der Waals surface area contributed by atoms with Crippen LogP contribution in [0.15, 0.2) is 52.3 Å². The number of nitrogens with zero attached hydrogens (tertiary/aromatic N) is 6. The Hall–Kier alpha value is -3.53. The Bertz CT molecular complexity index is 1330. The smallest absolute Gasteiger partial charge is 0.288 e. The number of anilines is 1. The molecule has 2 aliphatic rings. The summed E-state index contributed by atoms with van der Waals surface area (Å²) in [5.74, 6) is 0.241. The summed E-state index contributed by atoms with van der Waals surface area (Å²) in [6.45, 7) is 1.86. The second-order valence-corrected chi connectivity index (χ2v) is 8.78. The third-order valence-electron chi connectivity index (χ3n) is 5.76. The van der Waals surface area contributed by atoms with E-state index in [-0.39, 0.29) is 11.7 Å². The van der Waals surface area contributed by atoms with Crippen molar-refractivity contribution >= 4 is 34.3 Å². The fraction of sp³-hybridized carbons (Fsp3) is 0.273. The van der Waals surface area contributed by atoms with Gasteiger partial charge >= 0.3 is 5.88 Å². The van der Waals surface area contributed by atoms with E-state index in [0.29, 0.717) is 11.0 Å². The maximum atomic E-state index is 12.4. The first-order chi connectivity index (χ1) is 15.8. The minimum absolute atomic E-state index is 0.141. The van der Waals surface area contributed by atoms with Gasteiger partial charge in [0.1, 0.15) is 11.4 Å². The number of thioether (sulfide) groups is 1. The maximum Gasteiger partial charge on any atom is 0.305 e. The topological polar surface area (TPSA) is 101 Å². The molecule has 10 heteroatoms. The highest BCUT2D eigenvalue weighted by atomic mass is 32.2. The summed E-state index contributed by atoms with van der Waals surface area (Å²) in [7, 11) is 0. The van der Waals surface area contributed by atoms with Gasteiger partial charge in [-0.2, -0.15) is 5.01 Å². The van der Waals surface area contributed by atoms with Gasteiger partial charge in [0.2, 0.25) is 16.3 Å². The number of fused-ring (bicyclic) bond motifs is 3. The number of nitrogens with one attached hydrogen (secondary N) is 1. The molecular weight excluding hydrogens is 426 g/mol. The number of aromatic nitrogens is 5.